The number of unbranched alkanes of at least 4 members (excludes halogenated alkanes) is 2. The van der Waals surface area contributed by atoms with E-state index in [1.165, 1.54) is 0 Å². The minimum atomic E-state index is 0.174. The molecule has 22 heavy (non-hydrogen) atoms. The van der Waals surface area contributed by atoms with Gasteiger partial charge in [0, 0.05) is 18.2 Å². The summed E-state index contributed by atoms with van der Waals surface area (Å²) in [5.74, 6) is 0.900. The van der Waals surface area contributed by atoms with Crippen LogP contribution in [0.5, 0.6) is 5.75 Å². The van der Waals surface area contributed by atoms with Gasteiger partial charge in [0.15, 0.2) is 5.78 Å². The maximum Gasteiger partial charge on any atom is 0.163 e. The van der Waals surface area contributed by atoms with Crippen LogP contribution in [0.25, 0.3) is 6.08 Å². The number of hydrogen-bond donors (Lipinski definition) is 0. The van der Waals surface area contributed by atoms with Gasteiger partial charge in [-0.3, -0.25) is 9.78 Å². The SMILES string of the molecule is COc1cccc(C(=O)CCCC/C=C\c2ccccn2)c1. The molecule has 114 valence electrons. The summed E-state index contributed by atoms with van der Waals surface area (Å²) in [5, 5.41) is 0. The Hall–Kier alpha value is -2.42. The van der Waals surface area contributed by atoms with Gasteiger partial charge in [0.2, 0.25) is 0 Å². The molecule has 0 saturated heterocycles. The molecular weight excluding hydrogens is 274 g/mol. The molecule has 0 radical (unpaired) electrons. The minimum Gasteiger partial charge on any atom is -0.497 e. The summed E-state index contributed by atoms with van der Waals surface area (Å²) in [6.07, 6.45) is 9.34. The van der Waals surface area contributed by atoms with Gasteiger partial charge in [-0.05, 0) is 49.6 Å². The zero-order valence-electron chi connectivity index (χ0n) is 12.9. The lowest BCUT2D eigenvalue weighted by atomic mass is 10.0. The van der Waals surface area contributed by atoms with Crippen molar-refractivity contribution in [2.24, 2.45) is 0 Å². The van der Waals surface area contributed by atoms with Crippen LogP contribution >= 0.6 is 0 Å². The molecular formula is C19H21NO2. The van der Waals surface area contributed by atoms with Crippen LogP contribution in [0.1, 0.15) is 41.7 Å². The summed E-state index contributed by atoms with van der Waals surface area (Å²) in [6.45, 7) is 0. The second-order valence-electron chi connectivity index (χ2n) is 5.06. The lowest BCUT2D eigenvalue weighted by Gasteiger charge is -2.03. The summed E-state index contributed by atoms with van der Waals surface area (Å²) in [5.41, 5.74) is 1.69. The summed E-state index contributed by atoms with van der Waals surface area (Å²) in [4.78, 5) is 16.3. The molecule has 0 amide bonds. The predicted molar refractivity (Wildman–Crippen MR) is 89.1 cm³/mol. The number of nitrogens with zero attached hydrogens (tertiary/aromatic N) is 1. The van der Waals surface area contributed by atoms with Crippen LogP contribution in [0, 0.1) is 0 Å². The Morgan fingerprint density at radius 3 is 2.86 bits per heavy atom. The van der Waals surface area contributed by atoms with E-state index in [0.717, 1.165) is 36.3 Å². The second kappa shape index (κ2) is 8.78. The molecule has 0 spiro atoms. The predicted octanol–water partition coefficient (Wildman–Crippen LogP) is 4.55. The largest absolute Gasteiger partial charge is 0.497 e. The van der Waals surface area contributed by atoms with Gasteiger partial charge < -0.3 is 4.74 Å². The summed E-state index contributed by atoms with van der Waals surface area (Å²) >= 11 is 0. The van der Waals surface area contributed by atoms with Crippen LogP contribution in [-0.2, 0) is 0 Å². The van der Waals surface area contributed by atoms with Gasteiger partial charge in [-0.2, -0.15) is 0 Å². The highest BCUT2D eigenvalue weighted by Gasteiger charge is 2.06. The van der Waals surface area contributed by atoms with Crippen molar-refractivity contribution in [1.29, 1.82) is 0 Å². The van der Waals surface area contributed by atoms with E-state index in [2.05, 4.69) is 11.1 Å². The van der Waals surface area contributed by atoms with Crippen LogP contribution in [0.2, 0.25) is 0 Å². The number of methoxy groups -OCH3 is 1. The first-order chi connectivity index (χ1) is 10.8. The minimum absolute atomic E-state index is 0.174. The number of carbonyl (C=O) groups is 1. The van der Waals surface area contributed by atoms with Crippen molar-refractivity contribution in [3.8, 4) is 5.75 Å². The van der Waals surface area contributed by atoms with Crippen LogP contribution in [0.15, 0.2) is 54.7 Å². The van der Waals surface area contributed by atoms with E-state index in [1.807, 2.05) is 42.5 Å². The normalized spacial score (nSPS) is 10.8. The molecule has 0 aliphatic rings. The van der Waals surface area contributed by atoms with Gasteiger partial charge in [-0.15, -0.1) is 0 Å². The van der Waals surface area contributed by atoms with Crippen LogP contribution < -0.4 is 4.74 Å². The van der Waals surface area contributed by atoms with Crippen molar-refractivity contribution in [3.05, 3.63) is 66.0 Å². The molecule has 0 bridgehead atoms. The van der Waals surface area contributed by atoms with Crippen molar-refractivity contribution < 1.29 is 9.53 Å². The Labute approximate surface area is 131 Å². The van der Waals surface area contributed by atoms with E-state index in [-0.39, 0.29) is 5.78 Å². The number of ether oxygens (including phenoxy) is 1. The molecule has 0 aliphatic carbocycles. The lowest BCUT2D eigenvalue weighted by molar-refractivity contribution is 0.0979. The number of pyridine rings is 1. The van der Waals surface area contributed by atoms with Gasteiger partial charge in [-0.25, -0.2) is 0 Å². The number of hydrogen-bond acceptors (Lipinski definition) is 3. The van der Waals surface area contributed by atoms with Gasteiger partial charge in [0.1, 0.15) is 5.75 Å². The zero-order valence-corrected chi connectivity index (χ0v) is 12.9. The maximum absolute atomic E-state index is 12.1. The Bertz CT molecular complexity index is 620. The molecule has 1 heterocycles. The third-order valence-corrected chi connectivity index (χ3v) is 3.39. The van der Waals surface area contributed by atoms with E-state index in [0.29, 0.717) is 6.42 Å². The van der Waals surface area contributed by atoms with Gasteiger partial charge >= 0.3 is 0 Å². The number of rotatable bonds is 8. The molecule has 0 saturated carbocycles. The fraction of sp³-hybridized carbons (Fsp3) is 0.263. The van der Waals surface area contributed by atoms with Crippen LogP contribution in [0.4, 0.5) is 0 Å². The van der Waals surface area contributed by atoms with Crippen molar-refractivity contribution in [1.82, 2.24) is 4.98 Å². The summed E-state index contributed by atoms with van der Waals surface area (Å²) in [7, 11) is 1.61. The number of carbonyl (C=O) groups excluding carboxylic acids is 1. The molecule has 0 aliphatic heterocycles. The molecule has 0 fully saturated rings. The average Bonchev–Trinajstić information content (AvgIpc) is 2.58. The number of benzene rings is 1. The Balaban J connectivity index is 1.70. The number of aromatic nitrogens is 1. The zero-order chi connectivity index (χ0) is 15.6. The number of ketones is 1. The quantitative estimate of drug-likeness (QED) is 0.530. The highest BCUT2D eigenvalue weighted by atomic mass is 16.5. The van der Waals surface area contributed by atoms with E-state index in [4.69, 9.17) is 4.74 Å². The fourth-order valence-corrected chi connectivity index (χ4v) is 2.17. The topological polar surface area (TPSA) is 39.2 Å². The maximum atomic E-state index is 12.1. The Kier molecular flexibility index (Phi) is 6.37. The van der Waals surface area contributed by atoms with E-state index >= 15 is 0 Å². The molecule has 1 aromatic carbocycles. The molecule has 2 aromatic rings. The first kappa shape index (κ1) is 16.0. The Morgan fingerprint density at radius 2 is 2.09 bits per heavy atom. The van der Waals surface area contributed by atoms with E-state index in [1.54, 1.807) is 19.4 Å². The number of allylic oxidation sites excluding steroid dienone is 1. The van der Waals surface area contributed by atoms with Crippen LogP contribution in [-0.4, -0.2) is 17.9 Å². The van der Waals surface area contributed by atoms with Crippen LogP contribution in [0.3, 0.4) is 0 Å². The van der Waals surface area contributed by atoms with Crippen molar-refractivity contribution in [3.63, 3.8) is 0 Å². The molecule has 0 N–H and O–H groups in total. The van der Waals surface area contributed by atoms with Gasteiger partial charge in [0.05, 0.1) is 12.8 Å². The molecule has 3 nitrogen and oxygen atoms in total. The molecule has 2 rings (SSSR count). The summed E-state index contributed by atoms with van der Waals surface area (Å²) in [6, 6.07) is 13.2. The molecule has 0 unspecified atom stereocenters. The highest BCUT2D eigenvalue weighted by molar-refractivity contribution is 5.96. The van der Waals surface area contributed by atoms with Crippen molar-refractivity contribution in [2.45, 2.75) is 25.7 Å². The molecule has 3 heteroatoms. The monoisotopic (exact) mass is 295 g/mol. The Morgan fingerprint density at radius 1 is 1.18 bits per heavy atom. The first-order valence-electron chi connectivity index (χ1n) is 7.54. The van der Waals surface area contributed by atoms with Gasteiger partial charge in [-0.1, -0.05) is 24.3 Å². The third-order valence-electron chi connectivity index (χ3n) is 3.39. The fourth-order valence-electron chi connectivity index (χ4n) is 2.17. The van der Waals surface area contributed by atoms with Crippen molar-refractivity contribution >= 4 is 11.9 Å². The molecule has 0 atom stereocenters. The van der Waals surface area contributed by atoms with E-state index in [9.17, 15) is 4.79 Å². The van der Waals surface area contributed by atoms with E-state index < -0.39 is 0 Å². The first-order valence-corrected chi connectivity index (χ1v) is 7.54. The second-order valence-corrected chi connectivity index (χ2v) is 5.06. The standard InChI is InChI=1S/C19H21NO2/c1-22-18-12-8-9-16(15-18)19(21)13-5-3-2-4-10-17-11-6-7-14-20-17/h4,6-12,14-15H,2-3,5,13H2,1H3/b10-4-. The van der Waals surface area contributed by atoms with Crippen molar-refractivity contribution in [2.75, 3.05) is 7.11 Å². The lowest BCUT2D eigenvalue weighted by Crippen LogP contribution is -1.99. The van der Waals surface area contributed by atoms with Gasteiger partial charge in [0.25, 0.3) is 0 Å². The summed E-state index contributed by atoms with van der Waals surface area (Å²) < 4.78 is 5.14. The molecule has 1 aromatic heterocycles. The average molecular weight is 295 g/mol. The smallest absolute Gasteiger partial charge is 0.163 e. The number of Topliss-reactive ketones (excluding diaryl/α,β-unsaturated/α-hetero) is 1. The highest BCUT2D eigenvalue weighted by Crippen LogP contribution is 2.15. The third kappa shape index (κ3) is 5.17.